The Kier molecular flexibility index (Phi) is 4.24. The van der Waals surface area contributed by atoms with Crippen LogP contribution in [-0.2, 0) is 14.8 Å². The minimum absolute atomic E-state index is 0.285. The highest BCUT2D eigenvalue weighted by Crippen LogP contribution is 2.25. The van der Waals surface area contributed by atoms with Crippen LogP contribution in [-0.4, -0.2) is 37.4 Å². The highest BCUT2D eigenvalue weighted by atomic mass is 32.2. The molecule has 1 aliphatic rings. The van der Waals surface area contributed by atoms with Gasteiger partial charge >= 0.3 is 0 Å². The molecule has 0 saturated carbocycles. The second kappa shape index (κ2) is 6.16. The van der Waals surface area contributed by atoms with Crippen LogP contribution in [0, 0.1) is 6.92 Å². The summed E-state index contributed by atoms with van der Waals surface area (Å²) >= 11 is 0. The van der Waals surface area contributed by atoms with E-state index in [0.717, 1.165) is 11.3 Å². The molecular weight excluding hydrogens is 300 g/mol. The van der Waals surface area contributed by atoms with Gasteiger partial charge in [-0.25, -0.2) is 8.42 Å². The molecule has 1 saturated heterocycles. The standard InChI is InChI=1S/C16H18N2O3S/c1-13-7-8-15(17-11-13)16-12-18(9-10-21-16)22(19,20)14-5-3-2-4-6-14/h2-8,11,16H,9-10,12H2,1H3/t16-/m0/s1. The molecule has 1 fully saturated rings. The van der Waals surface area contributed by atoms with Gasteiger partial charge in [0.2, 0.25) is 10.0 Å². The van der Waals surface area contributed by atoms with Crippen LogP contribution in [0.25, 0.3) is 0 Å². The Morgan fingerprint density at radius 3 is 2.64 bits per heavy atom. The first-order chi connectivity index (χ1) is 10.6. The number of hydrogen-bond acceptors (Lipinski definition) is 4. The van der Waals surface area contributed by atoms with Gasteiger partial charge in [0, 0.05) is 19.3 Å². The van der Waals surface area contributed by atoms with Gasteiger partial charge in [0.25, 0.3) is 0 Å². The van der Waals surface area contributed by atoms with Crippen molar-refractivity contribution in [2.24, 2.45) is 0 Å². The zero-order valence-electron chi connectivity index (χ0n) is 12.3. The Balaban J connectivity index is 1.82. The second-order valence-electron chi connectivity index (χ2n) is 5.30. The Hall–Kier alpha value is -1.76. The summed E-state index contributed by atoms with van der Waals surface area (Å²) in [4.78, 5) is 4.66. The first-order valence-corrected chi connectivity index (χ1v) is 8.61. The molecule has 0 radical (unpaired) electrons. The van der Waals surface area contributed by atoms with E-state index < -0.39 is 10.0 Å². The number of pyridine rings is 1. The van der Waals surface area contributed by atoms with Gasteiger partial charge in [-0.1, -0.05) is 24.3 Å². The van der Waals surface area contributed by atoms with Crippen LogP contribution in [0.3, 0.4) is 0 Å². The molecule has 1 aromatic heterocycles. The van der Waals surface area contributed by atoms with Crippen LogP contribution in [0.2, 0.25) is 0 Å². The third-order valence-corrected chi connectivity index (χ3v) is 5.55. The number of ether oxygens (including phenoxy) is 1. The molecule has 3 rings (SSSR count). The zero-order valence-corrected chi connectivity index (χ0v) is 13.2. The summed E-state index contributed by atoms with van der Waals surface area (Å²) in [6.45, 7) is 2.98. The van der Waals surface area contributed by atoms with Gasteiger partial charge in [0.1, 0.15) is 6.10 Å². The van der Waals surface area contributed by atoms with Crippen molar-refractivity contribution in [3.63, 3.8) is 0 Å². The fraction of sp³-hybridized carbons (Fsp3) is 0.312. The third kappa shape index (κ3) is 3.04. The van der Waals surface area contributed by atoms with E-state index in [1.54, 1.807) is 36.5 Å². The molecule has 0 unspecified atom stereocenters. The third-order valence-electron chi connectivity index (χ3n) is 3.67. The molecule has 1 atom stereocenters. The van der Waals surface area contributed by atoms with Crippen LogP contribution < -0.4 is 0 Å². The van der Waals surface area contributed by atoms with Crippen molar-refractivity contribution in [2.45, 2.75) is 17.9 Å². The number of aryl methyl sites for hydroxylation is 1. The molecular formula is C16H18N2O3S. The van der Waals surface area contributed by atoms with Gasteiger partial charge in [0.15, 0.2) is 0 Å². The van der Waals surface area contributed by atoms with E-state index in [1.807, 2.05) is 19.1 Å². The molecule has 0 aliphatic carbocycles. The quantitative estimate of drug-likeness (QED) is 0.870. The second-order valence-corrected chi connectivity index (χ2v) is 7.23. The van der Waals surface area contributed by atoms with E-state index in [-0.39, 0.29) is 12.6 Å². The molecule has 0 N–H and O–H groups in total. The van der Waals surface area contributed by atoms with Gasteiger partial charge in [-0.05, 0) is 30.7 Å². The molecule has 0 bridgehead atoms. The minimum Gasteiger partial charge on any atom is -0.369 e. The molecule has 22 heavy (non-hydrogen) atoms. The molecule has 0 amide bonds. The van der Waals surface area contributed by atoms with Crippen molar-refractivity contribution in [2.75, 3.05) is 19.7 Å². The van der Waals surface area contributed by atoms with Crippen molar-refractivity contribution in [3.8, 4) is 0 Å². The smallest absolute Gasteiger partial charge is 0.243 e. The predicted molar refractivity (Wildman–Crippen MR) is 82.9 cm³/mol. The largest absolute Gasteiger partial charge is 0.369 e. The van der Waals surface area contributed by atoms with E-state index in [1.165, 1.54) is 4.31 Å². The first kappa shape index (κ1) is 15.1. The average molecular weight is 318 g/mol. The van der Waals surface area contributed by atoms with Gasteiger partial charge in [-0.3, -0.25) is 4.98 Å². The molecule has 1 aliphatic heterocycles. The normalized spacial score (nSPS) is 20.0. The van der Waals surface area contributed by atoms with Crippen molar-refractivity contribution in [1.29, 1.82) is 0 Å². The summed E-state index contributed by atoms with van der Waals surface area (Å²) in [6.07, 6.45) is 1.44. The van der Waals surface area contributed by atoms with Crippen LogP contribution >= 0.6 is 0 Å². The molecule has 0 spiro atoms. The fourth-order valence-corrected chi connectivity index (χ4v) is 3.88. The van der Waals surface area contributed by atoms with Crippen molar-refractivity contribution in [3.05, 3.63) is 59.9 Å². The lowest BCUT2D eigenvalue weighted by Crippen LogP contribution is -2.42. The van der Waals surface area contributed by atoms with E-state index in [4.69, 9.17) is 4.74 Å². The Morgan fingerprint density at radius 1 is 1.18 bits per heavy atom. The maximum absolute atomic E-state index is 12.7. The summed E-state index contributed by atoms with van der Waals surface area (Å²) in [6, 6.07) is 12.3. The van der Waals surface area contributed by atoms with E-state index >= 15 is 0 Å². The number of sulfonamides is 1. The summed E-state index contributed by atoms with van der Waals surface area (Å²) in [7, 11) is -3.49. The highest BCUT2D eigenvalue weighted by Gasteiger charge is 2.31. The lowest BCUT2D eigenvalue weighted by Gasteiger charge is -2.31. The van der Waals surface area contributed by atoms with E-state index in [0.29, 0.717) is 18.0 Å². The highest BCUT2D eigenvalue weighted by molar-refractivity contribution is 7.89. The lowest BCUT2D eigenvalue weighted by molar-refractivity contribution is -0.00494. The van der Waals surface area contributed by atoms with Crippen LogP contribution in [0.5, 0.6) is 0 Å². The predicted octanol–water partition coefficient (Wildman–Crippen LogP) is 2.15. The first-order valence-electron chi connectivity index (χ1n) is 7.17. The van der Waals surface area contributed by atoms with Crippen LogP contribution in [0.15, 0.2) is 53.6 Å². The molecule has 2 heterocycles. The number of nitrogens with zero attached hydrogens (tertiary/aromatic N) is 2. The monoisotopic (exact) mass is 318 g/mol. The zero-order chi connectivity index (χ0) is 15.6. The molecule has 2 aromatic rings. The summed E-state index contributed by atoms with van der Waals surface area (Å²) in [5.74, 6) is 0. The number of morpholine rings is 1. The van der Waals surface area contributed by atoms with Gasteiger partial charge in [-0.15, -0.1) is 0 Å². The minimum atomic E-state index is -3.49. The molecule has 5 nitrogen and oxygen atoms in total. The number of benzene rings is 1. The molecule has 116 valence electrons. The average Bonchev–Trinajstić information content (AvgIpc) is 2.56. The summed E-state index contributed by atoms with van der Waals surface area (Å²) < 4.78 is 32.5. The van der Waals surface area contributed by atoms with Crippen molar-refractivity contribution >= 4 is 10.0 Å². The number of hydrogen-bond donors (Lipinski definition) is 0. The number of rotatable bonds is 3. The van der Waals surface area contributed by atoms with Crippen LogP contribution in [0.1, 0.15) is 17.4 Å². The van der Waals surface area contributed by atoms with Gasteiger partial charge in [0.05, 0.1) is 17.2 Å². The van der Waals surface area contributed by atoms with Crippen molar-refractivity contribution < 1.29 is 13.2 Å². The van der Waals surface area contributed by atoms with Gasteiger partial charge in [-0.2, -0.15) is 4.31 Å². The topological polar surface area (TPSA) is 59.5 Å². The van der Waals surface area contributed by atoms with Crippen molar-refractivity contribution in [1.82, 2.24) is 9.29 Å². The Bertz CT molecular complexity index is 730. The molecule has 1 aromatic carbocycles. The molecule has 6 heteroatoms. The SMILES string of the molecule is Cc1ccc([C@@H]2CN(S(=O)(=O)c3ccccc3)CCO2)nc1. The fourth-order valence-electron chi connectivity index (χ4n) is 2.43. The Morgan fingerprint density at radius 2 is 1.95 bits per heavy atom. The van der Waals surface area contributed by atoms with Gasteiger partial charge < -0.3 is 4.74 Å². The maximum atomic E-state index is 12.7. The Labute approximate surface area is 130 Å². The van der Waals surface area contributed by atoms with E-state index in [2.05, 4.69) is 4.98 Å². The number of aromatic nitrogens is 1. The lowest BCUT2D eigenvalue weighted by atomic mass is 10.2. The summed E-state index contributed by atoms with van der Waals surface area (Å²) in [5.41, 5.74) is 1.83. The maximum Gasteiger partial charge on any atom is 0.243 e. The summed E-state index contributed by atoms with van der Waals surface area (Å²) in [5, 5.41) is 0. The van der Waals surface area contributed by atoms with E-state index in [9.17, 15) is 8.42 Å². The van der Waals surface area contributed by atoms with Crippen LogP contribution in [0.4, 0.5) is 0 Å².